The number of hydrogen-bond acceptors (Lipinski definition) is 2. The first-order valence-electron chi connectivity index (χ1n) is 8.95. The quantitative estimate of drug-likeness (QED) is 0.609. The summed E-state index contributed by atoms with van der Waals surface area (Å²) < 4.78 is 0. The molecule has 6 heteroatoms. The van der Waals surface area contributed by atoms with Crippen LogP contribution in [0.4, 0.5) is 0 Å². The molecule has 2 aromatic rings. The lowest BCUT2D eigenvalue weighted by Gasteiger charge is -2.22. The van der Waals surface area contributed by atoms with E-state index in [4.69, 9.17) is 16.6 Å². The highest BCUT2D eigenvalue weighted by atomic mass is 35.5. The van der Waals surface area contributed by atoms with E-state index in [1.807, 2.05) is 62.5 Å². The highest BCUT2D eigenvalue weighted by molar-refractivity contribution is 6.30. The minimum atomic E-state index is -0.000329. The number of guanidine groups is 1. The van der Waals surface area contributed by atoms with E-state index in [9.17, 15) is 4.79 Å². The van der Waals surface area contributed by atoms with Crippen LogP contribution in [-0.4, -0.2) is 49.4 Å². The van der Waals surface area contributed by atoms with Crippen molar-refractivity contribution in [2.45, 2.75) is 20.0 Å². The molecule has 0 heterocycles. The maximum absolute atomic E-state index is 12.0. The predicted molar refractivity (Wildman–Crippen MR) is 112 cm³/mol. The molecule has 0 aromatic heterocycles. The largest absolute Gasteiger partial charge is 0.357 e. The van der Waals surface area contributed by atoms with E-state index in [1.54, 1.807) is 19.0 Å². The molecule has 0 saturated carbocycles. The van der Waals surface area contributed by atoms with Crippen LogP contribution in [0.15, 0.2) is 53.5 Å². The van der Waals surface area contributed by atoms with E-state index in [2.05, 4.69) is 10.2 Å². The fraction of sp³-hybridized carbons (Fsp3) is 0.333. The lowest BCUT2D eigenvalue weighted by atomic mass is 10.1. The molecule has 0 aliphatic rings. The first kappa shape index (κ1) is 20.8. The van der Waals surface area contributed by atoms with Gasteiger partial charge in [-0.25, -0.2) is 4.99 Å². The molecule has 0 saturated heterocycles. The minimum Gasteiger partial charge on any atom is -0.357 e. The predicted octanol–water partition coefficient (Wildman–Crippen LogP) is 3.64. The van der Waals surface area contributed by atoms with Gasteiger partial charge in [0.05, 0.1) is 6.54 Å². The Balaban J connectivity index is 2.06. The van der Waals surface area contributed by atoms with Crippen molar-refractivity contribution in [3.8, 4) is 0 Å². The van der Waals surface area contributed by atoms with Crippen LogP contribution in [0.25, 0.3) is 0 Å². The summed E-state index contributed by atoms with van der Waals surface area (Å²) >= 11 is 6.07. The molecule has 0 unspecified atom stereocenters. The number of rotatable bonds is 6. The summed E-state index contributed by atoms with van der Waals surface area (Å²) in [5, 5.41) is 4.05. The van der Waals surface area contributed by atoms with Gasteiger partial charge in [-0.05, 0) is 42.3 Å². The van der Waals surface area contributed by atoms with Gasteiger partial charge in [0.15, 0.2) is 5.96 Å². The third kappa shape index (κ3) is 6.29. The first-order chi connectivity index (χ1) is 12.9. The number of halogens is 1. The summed E-state index contributed by atoms with van der Waals surface area (Å²) in [6, 6.07) is 15.4. The molecule has 2 aromatic carbocycles. The van der Waals surface area contributed by atoms with Crippen LogP contribution in [0, 0.1) is 0 Å². The van der Waals surface area contributed by atoms with Gasteiger partial charge in [-0.2, -0.15) is 0 Å². The molecule has 27 heavy (non-hydrogen) atoms. The second kappa shape index (κ2) is 9.97. The zero-order valence-corrected chi connectivity index (χ0v) is 17.1. The van der Waals surface area contributed by atoms with Crippen molar-refractivity contribution in [3.63, 3.8) is 0 Å². The summed E-state index contributed by atoms with van der Waals surface area (Å²) in [5.74, 6) is 0.825. The van der Waals surface area contributed by atoms with Crippen LogP contribution in [0.1, 0.15) is 28.4 Å². The Morgan fingerprint density at radius 3 is 2.37 bits per heavy atom. The summed E-state index contributed by atoms with van der Waals surface area (Å²) in [4.78, 5) is 20.3. The Kier molecular flexibility index (Phi) is 7.67. The van der Waals surface area contributed by atoms with Crippen LogP contribution >= 0.6 is 11.6 Å². The molecule has 0 fully saturated rings. The fourth-order valence-corrected chi connectivity index (χ4v) is 2.84. The van der Waals surface area contributed by atoms with Gasteiger partial charge in [-0.3, -0.25) is 4.79 Å². The van der Waals surface area contributed by atoms with Gasteiger partial charge >= 0.3 is 0 Å². The topological polar surface area (TPSA) is 47.9 Å². The van der Waals surface area contributed by atoms with Gasteiger partial charge in [0.2, 0.25) is 0 Å². The minimum absolute atomic E-state index is 0.000329. The van der Waals surface area contributed by atoms with E-state index in [1.165, 1.54) is 0 Å². The van der Waals surface area contributed by atoms with Crippen molar-refractivity contribution in [1.29, 1.82) is 0 Å². The maximum atomic E-state index is 12.0. The van der Waals surface area contributed by atoms with Gasteiger partial charge < -0.3 is 15.1 Å². The monoisotopic (exact) mass is 386 g/mol. The summed E-state index contributed by atoms with van der Waals surface area (Å²) in [5.41, 5.74) is 2.86. The van der Waals surface area contributed by atoms with E-state index >= 15 is 0 Å². The zero-order chi connectivity index (χ0) is 19.8. The van der Waals surface area contributed by atoms with Crippen LogP contribution < -0.4 is 5.32 Å². The average Bonchev–Trinajstić information content (AvgIpc) is 2.64. The average molecular weight is 387 g/mol. The lowest BCUT2D eigenvalue weighted by molar-refractivity contribution is 0.0827. The van der Waals surface area contributed by atoms with Gasteiger partial charge in [-0.15, -0.1) is 0 Å². The zero-order valence-electron chi connectivity index (χ0n) is 16.4. The van der Waals surface area contributed by atoms with Crippen LogP contribution in [0.3, 0.4) is 0 Å². The van der Waals surface area contributed by atoms with Gasteiger partial charge in [0.25, 0.3) is 5.91 Å². The van der Waals surface area contributed by atoms with Crippen LogP contribution in [0.2, 0.25) is 5.02 Å². The molecule has 0 bridgehead atoms. The van der Waals surface area contributed by atoms with Crippen LogP contribution in [-0.2, 0) is 13.1 Å². The van der Waals surface area contributed by atoms with Crippen molar-refractivity contribution in [1.82, 2.24) is 15.1 Å². The standard InChI is InChI=1S/C21H27ClN4O/c1-5-23-21(26(4)15-17-7-6-8-19(22)13-17)24-14-16-9-11-18(12-10-16)20(27)25(2)3/h6-13H,5,14-15H2,1-4H3,(H,23,24). The van der Waals surface area contributed by atoms with Crippen molar-refractivity contribution >= 4 is 23.5 Å². The highest BCUT2D eigenvalue weighted by Crippen LogP contribution is 2.13. The number of benzene rings is 2. The number of nitrogens with zero attached hydrogens (tertiary/aromatic N) is 3. The number of amides is 1. The van der Waals surface area contributed by atoms with Gasteiger partial charge in [-0.1, -0.05) is 35.9 Å². The Morgan fingerprint density at radius 1 is 1.07 bits per heavy atom. The molecular formula is C21H27ClN4O. The van der Waals surface area contributed by atoms with Crippen molar-refractivity contribution in [2.24, 2.45) is 4.99 Å². The number of aliphatic imine (C=N–C) groups is 1. The van der Waals surface area contributed by atoms with E-state index in [0.717, 1.165) is 28.7 Å². The fourth-order valence-electron chi connectivity index (χ4n) is 2.63. The van der Waals surface area contributed by atoms with E-state index < -0.39 is 0 Å². The number of nitrogens with one attached hydrogen (secondary N) is 1. The molecule has 144 valence electrons. The summed E-state index contributed by atoms with van der Waals surface area (Å²) in [6.07, 6.45) is 0. The third-order valence-corrected chi connectivity index (χ3v) is 4.26. The number of carbonyl (C=O) groups excluding carboxylic acids is 1. The number of carbonyl (C=O) groups is 1. The Bertz CT molecular complexity index is 787. The Labute approximate surface area is 166 Å². The molecule has 0 aliphatic heterocycles. The maximum Gasteiger partial charge on any atom is 0.253 e. The first-order valence-corrected chi connectivity index (χ1v) is 9.33. The van der Waals surface area contributed by atoms with Crippen molar-refractivity contribution in [3.05, 3.63) is 70.2 Å². The molecule has 1 N–H and O–H groups in total. The smallest absolute Gasteiger partial charge is 0.253 e. The summed E-state index contributed by atoms with van der Waals surface area (Å²) in [6.45, 7) is 4.08. The van der Waals surface area contributed by atoms with Crippen LogP contribution in [0.5, 0.6) is 0 Å². The second-order valence-corrected chi connectivity index (χ2v) is 6.99. The molecule has 0 aliphatic carbocycles. The molecule has 0 atom stereocenters. The van der Waals surface area contributed by atoms with Gasteiger partial charge in [0.1, 0.15) is 0 Å². The van der Waals surface area contributed by atoms with E-state index in [-0.39, 0.29) is 5.91 Å². The van der Waals surface area contributed by atoms with Gasteiger partial charge in [0, 0.05) is 44.8 Å². The summed E-state index contributed by atoms with van der Waals surface area (Å²) in [7, 11) is 5.50. The van der Waals surface area contributed by atoms with Crippen molar-refractivity contribution in [2.75, 3.05) is 27.7 Å². The normalized spacial score (nSPS) is 11.2. The lowest BCUT2D eigenvalue weighted by Crippen LogP contribution is -2.38. The molecule has 2 rings (SSSR count). The van der Waals surface area contributed by atoms with E-state index in [0.29, 0.717) is 18.7 Å². The second-order valence-electron chi connectivity index (χ2n) is 6.55. The van der Waals surface area contributed by atoms with Crippen molar-refractivity contribution < 1.29 is 4.79 Å². The SMILES string of the molecule is CCNC(=NCc1ccc(C(=O)N(C)C)cc1)N(C)Cc1cccc(Cl)c1. The molecule has 5 nitrogen and oxygen atoms in total. The Morgan fingerprint density at radius 2 is 1.78 bits per heavy atom. The molecule has 0 radical (unpaired) electrons. The molecule has 0 spiro atoms. The third-order valence-electron chi connectivity index (χ3n) is 4.02. The Hall–Kier alpha value is -2.53. The molecular weight excluding hydrogens is 360 g/mol. The number of hydrogen-bond donors (Lipinski definition) is 1. The highest BCUT2D eigenvalue weighted by Gasteiger charge is 2.09. The molecule has 1 amide bonds.